The molecule has 0 aliphatic heterocycles. The Morgan fingerprint density at radius 1 is 1.55 bits per heavy atom. The van der Waals surface area contributed by atoms with Gasteiger partial charge >= 0.3 is 0 Å². The van der Waals surface area contributed by atoms with Gasteiger partial charge in [0.1, 0.15) is 6.61 Å². The zero-order valence-corrected chi connectivity index (χ0v) is 11.9. The van der Waals surface area contributed by atoms with Gasteiger partial charge in [0.2, 0.25) is 5.91 Å². The molecule has 1 amide bonds. The Hall–Kier alpha value is -1.62. The van der Waals surface area contributed by atoms with Crippen LogP contribution in [0.3, 0.4) is 0 Å². The Bertz CT molecular complexity index is 501. The van der Waals surface area contributed by atoms with E-state index in [0.29, 0.717) is 13.0 Å². The van der Waals surface area contributed by atoms with E-state index in [2.05, 4.69) is 5.32 Å². The highest BCUT2D eigenvalue weighted by molar-refractivity contribution is 5.76. The first-order valence-corrected chi connectivity index (χ1v) is 6.94. The second-order valence-electron chi connectivity index (χ2n) is 5.48. The van der Waals surface area contributed by atoms with E-state index in [1.807, 2.05) is 6.92 Å². The first-order chi connectivity index (χ1) is 9.43. The second kappa shape index (κ2) is 5.79. The number of hydrogen-bond acceptors (Lipinski definition) is 3. The van der Waals surface area contributed by atoms with Crippen molar-refractivity contribution in [2.45, 2.75) is 44.7 Å². The van der Waals surface area contributed by atoms with Crippen molar-refractivity contribution in [1.29, 1.82) is 0 Å². The van der Waals surface area contributed by atoms with Gasteiger partial charge in [0.05, 0.1) is 11.6 Å². The Morgan fingerprint density at radius 2 is 2.25 bits per heavy atom. The largest absolute Gasteiger partial charge is 0.489 e. The lowest BCUT2D eigenvalue weighted by Gasteiger charge is -2.17. The Morgan fingerprint density at radius 3 is 2.85 bits per heavy atom. The van der Waals surface area contributed by atoms with Gasteiger partial charge in [-0.05, 0) is 37.5 Å². The Kier molecular flexibility index (Phi) is 4.28. The second-order valence-corrected chi connectivity index (χ2v) is 5.48. The maximum absolute atomic E-state index is 13.7. The number of nitrogens with two attached hydrogens (primary N) is 1. The van der Waals surface area contributed by atoms with E-state index < -0.39 is 5.82 Å². The van der Waals surface area contributed by atoms with Gasteiger partial charge in [0.15, 0.2) is 11.6 Å². The van der Waals surface area contributed by atoms with Crippen LogP contribution in [-0.4, -0.2) is 18.1 Å². The standard InChI is InChI=1S/C15H21FN2O2/c1-3-14(19)18-10(2)11-4-5-12(16)13(8-11)20-9-15(17)6-7-15/h4-5,8,10H,3,6-7,9,17H2,1-2H3,(H,18,19). The summed E-state index contributed by atoms with van der Waals surface area (Å²) in [6.07, 6.45) is 2.25. The fourth-order valence-corrected chi connectivity index (χ4v) is 1.85. The molecule has 1 saturated carbocycles. The zero-order chi connectivity index (χ0) is 14.8. The Labute approximate surface area is 118 Å². The van der Waals surface area contributed by atoms with E-state index in [1.54, 1.807) is 19.1 Å². The van der Waals surface area contributed by atoms with Crippen molar-refractivity contribution in [2.75, 3.05) is 6.61 Å². The van der Waals surface area contributed by atoms with Crippen molar-refractivity contribution in [3.8, 4) is 5.75 Å². The van der Waals surface area contributed by atoms with Crippen LogP contribution in [0.15, 0.2) is 18.2 Å². The first kappa shape index (κ1) is 14.8. The van der Waals surface area contributed by atoms with Gasteiger partial charge < -0.3 is 15.8 Å². The highest BCUT2D eigenvalue weighted by atomic mass is 19.1. The van der Waals surface area contributed by atoms with Gasteiger partial charge in [-0.15, -0.1) is 0 Å². The molecule has 0 spiro atoms. The minimum Gasteiger partial charge on any atom is -0.489 e. The predicted octanol–water partition coefficient (Wildman–Crippen LogP) is 2.28. The third-order valence-corrected chi connectivity index (χ3v) is 3.56. The normalized spacial score (nSPS) is 17.4. The maximum Gasteiger partial charge on any atom is 0.220 e. The summed E-state index contributed by atoms with van der Waals surface area (Å²) in [5.74, 6) is -0.257. The summed E-state index contributed by atoms with van der Waals surface area (Å²) in [6, 6.07) is 4.45. The molecule has 20 heavy (non-hydrogen) atoms. The molecule has 0 radical (unpaired) electrons. The molecule has 1 fully saturated rings. The van der Waals surface area contributed by atoms with Gasteiger partial charge in [-0.1, -0.05) is 13.0 Å². The molecule has 5 heteroatoms. The molecular weight excluding hydrogens is 259 g/mol. The molecule has 0 aromatic heterocycles. The van der Waals surface area contributed by atoms with Crippen LogP contribution >= 0.6 is 0 Å². The molecule has 1 aliphatic rings. The number of benzene rings is 1. The van der Waals surface area contributed by atoms with Crippen LogP contribution < -0.4 is 15.8 Å². The predicted molar refractivity (Wildman–Crippen MR) is 74.9 cm³/mol. The molecule has 1 aromatic carbocycles. The monoisotopic (exact) mass is 280 g/mol. The number of carbonyl (C=O) groups is 1. The van der Waals surface area contributed by atoms with Crippen molar-refractivity contribution in [2.24, 2.45) is 5.73 Å². The number of amides is 1. The SMILES string of the molecule is CCC(=O)NC(C)c1ccc(F)c(OCC2(N)CC2)c1. The van der Waals surface area contributed by atoms with Crippen LogP contribution in [-0.2, 0) is 4.79 Å². The zero-order valence-electron chi connectivity index (χ0n) is 11.9. The average Bonchev–Trinajstić information content (AvgIpc) is 3.16. The van der Waals surface area contributed by atoms with E-state index in [4.69, 9.17) is 10.5 Å². The summed E-state index contributed by atoms with van der Waals surface area (Å²) in [5.41, 5.74) is 6.44. The van der Waals surface area contributed by atoms with E-state index in [0.717, 1.165) is 18.4 Å². The highest BCUT2D eigenvalue weighted by Crippen LogP contribution is 2.33. The van der Waals surface area contributed by atoms with Crippen molar-refractivity contribution < 1.29 is 13.9 Å². The number of halogens is 1. The van der Waals surface area contributed by atoms with E-state index in [9.17, 15) is 9.18 Å². The van der Waals surface area contributed by atoms with Gasteiger partial charge in [-0.25, -0.2) is 4.39 Å². The quantitative estimate of drug-likeness (QED) is 0.840. The highest BCUT2D eigenvalue weighted by Gasteiger charge is 2.39. The van der Waals surface area contributed by atoms with Crippen molar-refractivity contribution in [1.82, 2.24) is 5.32 Å². The van der Waals surface area contributed by atoms with Crippen LogP contribution in [0.1, 0.15) is 44.7 Å². The first-order valence-electron chi connectivity index (χ1n) is 6.94. The van der Waals surface area contributed by atoms with E-state index in [-0.39, 0.29) is 23.2 Å². The van der Waals surface area contributed by atoms with Gasteiger partial charge in [0, 0.05) is 6.42 Å². The molecule has 1 unspecified atom stereocenters. The van der Waals surface area contributed by atoms with Crippen molar-refractivity contribution >= 4 is 5.91 Å². The summed E-state index contributed by atoms with van der Waals surface area (Å²) >= 11 is 0. The molecule has 0 bridgehead atoms. The van der Waals surface area contributed by atoms with Crippen LogP contribution in [0.5, 0.6) is 5.75 Å². The van der Waals surface area contributed by atoms with Crippen LogP contribution in [0.25, 0.3) is 0 Å². The number of ether oxygens (including phenoxy) is 1. The number of nitrogens with one attached hydrogen (secondary N) is 1. The molecule has 2 rings (SSSR count). The van der Waals surface area contributed by atoms with E-state index in [1.165, 1.54) is 6.07 Å². The molecule has 1 aromatic rings. The smallest absolute Gasteiger partial charge is 0.220 e. The lowest BCUT2D eigenvalue weighted by molar-refractivity contribution is -0.121. The molecule has 0 saturated heterocycles. The molecule has 3 N–H and O–H groups in total. The molecule has 110 valence electrons. The summed E-state index contributed by atoms with van der Waals surface area (Å²) < 4.78 is 19.2. The topological polar surface area (TPSA) is 64.3 Å². The number of rotatable bonds is 6. The molecule has 4 nitrogen and oxygen atoms in total. The summed E-state index contributed by atoms with van der Waals surface area (Å²) in [4.78, 5) is 11.4. The summed E-state index contributed by atoms with van der Waals surface area (Å²) in [5, 5.41) is 2.84. The lowest BCUT2D eigenvalue weighted by Crippen LogP contribution is -2.30. The number of carbonyl (C=O) groups excluding carboxylic acids is 1. The van der Waals surface area contributed by atoms with Gasteiger partial charge in [0.25, 0.3) is 0 Å². The van der Waals surface area contributed by atoms with Crippen LogP contribution in [0.2, 0.25) is 0 Å². The van der Waals surface area contributed by atoms with Crippen molar-refractivity contribution in [3.63, 3.8) is 0 Å². The lowest BCUT2D eigenvalue weighted by atomic mass is 10.1. The number of hydrogen-bond donors (Lipinski definition) is 2. The fraction of sp³-hybridized carbons (Fsp3) is 0.533. The van der Waals surface area contributed by atoms with Gasteiger partial charge in [-0.2, -0.15) is 0 Å². The maximum atomic E-state index is 13.7. The summed E-state index contributed by atoms with van der Waals surface area (Å²) in [6.45, 7) is 3.97. The van der Waals surface area contributed by atoms with E-state index >= 15 is 0 Å². The minimum atomic E-state index is -0.410. The van der Waals surface area contributed by atoms with Gasteiger partial charge in [-0.3, -0.25) is 4.79 Å². The average molecular weight is 280 g/mol. The third kappa shape index (κ3) is 3.70. The fourth-order valence-electron chi connectivity index (χ4n) is 1.85. The van der Waals surface area contributed by atoms with Crippen LogP contribution in [0.4, 0.5) is 4.39 Å². The van der Waals surface area contributed by atoms with Crippen molar-refractivity contribution in [3.05, 3.63) is 29.6 Å². The Balaban J connectivity index is 2.04. The molecule has 1 aliphatic carbocycles. The molecule has 1 atom stereocenters. The minimum absolute atomic E-state index is 0.0387. The van der Waals surface area contributed by atoms with Crippen LogP contribution in [0, 0.1) is 5.82 Å². The molecule has 0 heterocycles. The third-order valence-electron chi connectivity index (χ3n) is 3.56. The molecular formula is C15H21FN2O2. The summed E-state index contributed by atoms with van der Waals surface area (Å²) in [7, 11) is 0.